The first-order chi connectivity index (χ1) is 11.1. The quantitative estimate of drug-likeness (QED) is 0.889. The van der Waals surface area contributed by atoms with Crippen LogP contribution in [0.5, 0.6) is 0 Å². The summed E-state index contributed by atoms with van der Waals surface area (Å²) in [6.45, 7) is 1.14. The number of fused-ring (bicyclic) bond motifs is 1. The van der Waals surface area contributed by atoms with Gasteiger partial charge in [0.05, 0.1) is 5.25 Å². The molecule has 1 saturated carbocycles. The normalized spacial score (nSPS) is 22.1. The van der Waals surface area contributed by atoms with Gasteiger partial charge in [-0.1, -0.05) is 48.5 Å². The molecular formula is C18H22N2O2S. The van der Waals surface area contributed by atoms with Crippen LogP contribution in [0.1, 0.15) is 29.9 Å². The van der Waals surface area contributed by atoms with Crippen molar-refractivity contribution < 1.29 is 8.42 Å². The van der Waals surface area contributed by atoms with E-state index in [4.69, 9.17) is 5.14 Å². The molecule has 0 spiro atoms. The van der Waals surface area contributed by atoms with Gasteiger partial charge in [-0.3, -0.25) is 0 Å². The van der Waals surface area contributed by atoms with E-state index in [1.807, 2.05) is 30.3 Å². The smallest absolute Gasteiger partial charge is 0.212 e. The number of para-hydroxylation sites is 1. The monoisotopic (exact) mass is 330 g/mol. The number of primary sulfonamides is 1. The van der Waals surface area contributed by atoms with E-state index in [0.29, 0.717) is 6.42 Å². The number of nitrogens with two attached hydrogens (primary N) is 1. The van der Waals surface area contributed by atoms with E-state index >= 15 is 0 Å². The van der Waals surface area contributed by atoms with Crippen molar-refractivity contribution in [3.8, 4) is 0 Å². The zero-order valence-corrected chi connectivity index (χ0v) is 13.8. The van der Waals surface area contributed by atoms with Crippen LogP contribution >= 0.6 is 0 Å². The molecule has 1 fully saturated rings. The van der Waals surface area contributed by atoms with Crippen LogP contribution in [-0.4, -0.2) is 20.2 Å². The van der Waals surface area contributed by atoms with Gasteiger partial charge >= 0.3 is 0 Å². The highest BCUT2D eigenvalue weighted by Gasteiger charge is 2.46. The Hall–Kier alpha value is -1.85. The van der Waals surface area contributed by atoms with Crippen LogP contribution < -0.4 is 10.5 Å². The fourth-order valence-electron chi connectivity index (χ4n) is 3.00. The van der Waals surface area contributed by atoms with Gasteiger partial charge in [0, 0.05) is 18.2 Å². The zero-order valence-electron chi connectivity index (χ0n) is 13.0. The molecule has 122 valence electrons. The standard InChI is InChI=1S/C9H11NO2S.C9H11N/c10-13(11,12)9-6-8(9)7-4-2-1-3-5-7;1-2-6-9-8(4-1)5-3-7-10-9/h1-5,8-9H,6H2,(H2,10,11,12);1-2,4,6,10H,3,5,7H2. The van der Waals surface area contributed by atoms with Gasteiger partial charge in [0.25, 0.3) is 0 Å². The molecule has 3 N–H and O–H groups in total. The molecule has 0 amide bonds. The summed E-state index contributed by atoms with van der Waals surface area (Å²) >= 11 is 0. The number of hydrogen-bond acceptors (Lipinski definition) is 3. The summed E-state index contributed by atoms with van der Waals surface area (Å²) in [5.74, 6) is 0.121. The minimum absolute atomic E-state index is 0.121. The third-order valence-corrected chi connectivity index (χ3v) is 5.70. The van der Waals surface area contributed by atoms with E-state index in [1.54, 1.807) is 0 Å². The maximum atomic E-state index is 11.0. The topological polar surface area (TPSA) is 72.2 Å². The largest absolute Gasteiger partial charge is 0.385 e. The second kappa shape index (κ2) is 6.72. The fourth-order valence-corrected chi connectivity index (χ4v) is 4.09. The first-order valence-corrected chi connectivity index (χ1v) is 9.55. The number of benzene rings is 2. The van der Waals surface area contributed by atoms with Gasteiger partial charge in [-0.2, -0.15) is 0 Å². The number of hydrogen-bond donors (Lipinski definition) is 2. The Labute approximate surface area is 137 Å². The van der Waals surface area contributed by atoms with Crippen molar-refractivity contribution in [1.29, 1.82) is 0 Å². The van der Waals surface area contributed by atoms with Gasteiger partial charge in [-0.05, 0) is 36.5 Å². The molecule has 4 nitrogen and oxygen atoms in total. The Morgan fingerprint density at radius 3 is 2.35 bits per heavy atom. The van der Waals surface area contributed by atoms with Gasteiger partial charge in [0.2, 0.25) is 10.0 Å². The average molecular weight is 330 g/mol. The minimum Gasteiger partial charge on any atom is -0.385 e. The molecule has 5 heteroatoms. The van der Waals surface area contributed by atoms with Gasteiger partial charge in [0.1, 0.15) is 0 Å². The molecule has 1 heterocycles. The first kappa shape index (κ1) is 16.0. The number of nitrogens with one attached hydrogen (secondary N) is 1. The highest BCUT2D eigenvalue weighted by Crippen LogP contribution is 2.44. The van der Waals surface area contributed by atoms with Gasteiger partial charge in [-0.25, -0.2) is 13.6 Å². The summed E-state index contributed by atoms with van der Waals surface area (Å²) in [5.41, 5.74) is 3.86. The molecule has 2 atom stereocenters. The molecule has 2 aromatic rings. The first-order valence-electron chi connectivity index (χ1n) is 7.94. The van der Waals surface area contributed by atoms with E-state index in [-0.39, 0.29) is 11.2 Å². The molecule has 2 unspecified atom stereocenters. The molecule has 2 aliphatic rings. The van der Waals surface area contributed by atoms with E-state index in [9.17, 15) is 8.42 Å². The molecule has 1 aliphatic carbocycles. The molecule has 0 aromatic heterocycles. The molecule has 1 aliphatic heterocycles. The zero-order chi connectivity index (χ0) is 16.3. The van der Waals surface area contributed by atoms with Crippen LogP contribution in [-0.2, 0) is 16.4 Å². The van der Waals surface area contributed by atoms with E-state index in [0.717, 1.165) is 12.1 Å². The maximum Gasteiger partial charge on any atom is 0.212 e. The van der Waals surface area contributed by atoms with E-state index in [2.05, 4.69) is 29.6 Å². The average Bonchev–Trinajstić information content (AvgIpc) is 3.37. The molecule has 4 rings (SSSR count). The number of sulfonamides is 1. The fraction of sp³-hybridized carbons (Fsp3) is 0.333. The second-order valence-corrected chi connectivity index (χ2v) is 7.85. The Bertz CT molecular complexity index is 735. The maximum absolute atomic E-state index is 11.0. The third kappa shape index (κ3) is 4.12. The van der Waals surface area contributed by atoms with Gasteiger partial charge in [-0.15, -0.1) is 0 Å². The lowest BCUT2D eigenvalue weighted by Crippen LogP contribution is -2.18. The van der Waals surface area contributed by atoms with Crippen molar-refractivity contribution in [1.82, 2.24) is 0 Å². The molecule has 2 aromatic carbocycles. The number of aryl methyl sites for hydroxylation is 1. The van der Waals surface area contributed by atoms with Crippen LogP contribution in [0.25, 0.3) is 0 Å². The highest BCUT2D eigenvalue weighted by molar-refractivity contribution is 7.90. The SMILES string of the molecule is NS(=O)(=O)C1CC1c1ccccc1.c1ccc2c(c1)CCCN2. The van der Waals surface area contributed by atoms with Crippen molar-refractivity contribution in [2.45, 2.75) is 30.4 Å². The van der Waals surface area contributed by atoms with E-state index in [1.165, 1.54) is 24.1 Å². The number of anilines is 1. The lowest BCUT2D eigenvalue weighted by atomic mass is 10.0. The van der Waals surface area contributed by atoms with Crippen LogP contribution in [0.2, 0.25) is 0 Å². The summed E-state index contributed by atoms with van der Waals surface area (Å²) in [5, 5.41) is 8.05. The molecule has 0 saturated heterocycles. The van der Waals surface area contributed by atoms with E-state index < -0.39 is 10.0 Å². The van der Waals surface area contributed by atoms with Crippen molar-refractivity contribution in [3.63, 3.8) is 0 Å². The molecular weight excluding hydrogens is 308 g/mol. The highest BCUT2D eigenvalue weighted by atomic mass is 32.2. The Kier molecular flexibility index (Phi) is 4.68. The van der Waals surface area contributed by atoms with Crippen LogP contribution in [0.15, 0.2) is 54.6 Å². The van der Waals surface area contributed by atoms with Crippen molar-refractivity contribution in [2.75, 3.05) is 11.9 Å². The predicted molar refractivity (Wildman–Crippen MR) is 93.9 cm³/mol. The van der Waals surface area contributed by atoms with Crippen molar-refractivity contribution in [2.24, 2.45) is 5.14 Å². The summed E-state index contributed by atoms with van der Waals surface area (Å²) in [4.78, 5) is 0. The third-order valence-electron chi connectivity index (χ3n) is 4.34. The molecule has 23 heavy (non-hydrogen) atoms. The lowest BCUT2D eigenvalue weighted by molar-refractivity contribution is 0.595. The lowest BCUT2D eigenvalue weighted by Gasteiger charge is -2.16. The van der Waals surface area contributed by atoms with Crippen LogP contribution in [0, 0.1) is 0 Å². The summed E-state index contributed by atoms with van der Waals surface area (Å²) in [7, 11) is -3.33. The van der Waals surface area contributed by atoms with Crippen LogP contribution in [0.4, 0.5) is 5.69 Å². The second-order valence-electron chi connectivity index (χ2n) is 6.07. The van der Waals surface area contributed by atoms with Crippen LogP contribution in [0.3, 0.4) is 0 Å². The predicted octanol–water partition coefficient (Wildman–Crippen LogP) is 2.88. The summed E-state index contributed by atoms with van der Waals surface area (Å²) in [6, 6.07) is 18.1. The Balaban J connectivity index is 0.000000140. The summed E-state index contributed by atoms with van der Waals surface area (Å²) in [6.07, 6.45) is 3.18. The Morgan fingerprint density at radius 1 is 1.00 bits per heavy atom. The molecule has 0 radical (unpaired) electrons. The Morgan fingerprint density at radius 2 is 1.70 bits per heavy atom. The van der Waals surface area contributed by atoms with Crippen molar-refractivity contribution >= 4 is 15.7 Å². The molecule has 0 bridgehead atoms. The van der Waals surface area contributed by atoms with Gasteiger partial charge < -0.3 is 5.32 Å². The number of rotatable bonds is 2. The van der Waals surface area contributed by atoms with Gasteiger partial charge in [0.15, 0.2) is 0 Å². The summed E-state index contributed by atoms with van der Waals surface area (Å²) < 4.78 is 21.9. The minimum atomic E-state index is -3.33. The van der Waals surface area contributed by atoms with Crippen molar-refractivity contribution in [3.05, 3.63) is 65.7 Å².